The molecule has 0 bridgehead atoms. The average Bonchev–Trinajstić information content (AvgIpc) is 2.86. The van der Waals surface area contributed by atoms with Crippen LogP contribution in [0.15, 0.2) is 53.7 Å². The highest BCUT2D eigenvalue weighted by molar-refractivity contribution is 5.82. The van der Waals surface area contributed by atoms with Crippen LogP contribution in [-0.4, -0.2) is 24.8 Å². The number of nitrogens with zero attached hydrogens (tertiary/aromatic N) is 1. The number of alkyl halides is 5. The van der Waals surface area contributed by atoms with Crippen molar-refractivity contribution in [3.63, 3.8) is 0 Å². The monoisotopic (exact) mass is 512 g/mol. The van der Waals surface area contributed by atoms with E-state index < -0.39 is 23.8 Å². The lowest BCUT2D eigenvalue weighted by Crippen LogP contribution is -2.46. The van der Waals surface area contributed by atoms with Crippen molar-refractivity contribution in [3.8, 4) is 5.75 Å². The van der Waals surface area contributed by atoms with Crippen molar-refractivity contribution in [1.82, 2.24) is 5.32 Å². The predicted molar refractivity (Wildman–Crippen MR) is 125 cm³/mol. The fraction of sp³-hybridized carbons (Fsp3) is 0.462. The summed E-state index contributed by atoms with van der Waals surface area (Å²) in [5, 5.41) is 6.08. The number of halogens is 5. The van der Waals surface area contributed by atoms with Gasteiger partial charge in [-0.05, 0) is 67.0 Å². The van der Waals surface area contributed by atoms with Crippen LogP contribution in [0, 0.1) is 5.92 Å². The van der Waals surface area contributed by atoms with Gasteiger partial charge in [-0.25, -0.2) is 0 Å². The van der Waals surface area contributed by atoms with Gasteiger partial charge < -0.3 is 14.9 Å². The smallest absolute Gasteiger partial charge is 0.425 e. The van der Waals surface area contributed by atoms with E-state index >= 15 is 0 Å². The van der Waals surface area contributed by atoms with Crippen molar-refractivity contribution in [2.75, 3.05) is 6.54 Å². The number of amides is 1. The van der Waals surface area contributed by atoms with Crippen LogP contribution in [0.3, 0.4) is 0 Å². The minimum absolute atomic E-state index is 0.0309. The van der Waals surface area contributed by atoms with E-state index in [0.29, 0.717) is 18.4 Å². The van der Waals surface area contributed by atoms with Gasteiger partial charge in [0.1, 0.15) is 12.4 Å². The molecule has 0 aromatic heterocycles. The molecule has 0 unspecified atom stereocenters. The third kappa shape index (κ3) is 8.80. The summed E-state index contributed by atoms with van der Waals surface area (Å²) in [5.41, 5.74) is 0.657. The van der Waals surface area contributed by atoms with Gasteiger partial charge in [-0.3, -0.25) is 4.79 Å². The third-order valence-corrected chi connectivity index (χ3v) is 5.93. The van der Waals surface area contributed by atoms with E-state index in [4.69, 9.17) is 4.84 Å². The number of aryl methyl sites for hydroxylation is 1. The first kappa shape index (κ1) is 27.4. The summed E-state index contributed by atoms with van der Waals surface area (Å²) in [6, 6.07) is 10.6. The summed E-state index contributed by atoms with van der Waals surface area (Å²) in [6.45, 7) is 0.259. The van der Waals surface area contributed by atoms with Gasteiger partial charge in [0.2, 0.25) is 0 Å². The van der Waals surface area contributed by atoms with E-state index in [1.807, 2.05) is 0 Å². The lowest BCUT2D eigenvalue weighted by Gasteiger charge is -2.23. The Balaban J connectivity index is 1.36. The molecule has 10 heteroatoms. The number of hydrogen-bond acceptors (Lipinski definition) is 4. The Morgan fingerprint density at radius 3 is 2.22 bits per heavy atom. The van der Waals surface area contributed by atoms with Gasteiger partial charge in [-0.1, -0.05) is 48.7 Å². The second-order valence-corrected chi connectivity index (χ2v) is 8.77. The maximum absolute atomic E-state index is 14.2. The molecule has 1 amide bonds. The molecular weight excluding hydrogens is 483 g/mol. The van der Waals surface area contributed by atoms with Crippen LogP contribution in [-0.2, 0) is 28.8 Å². The lowest BCUT2D eigenvalue weighted by molar-refractivity contribution is -0.193. The molecule has 0 radical (unpaired) electrons. The van der Waals surface area contributed by atoms with E-state index in [9.17, 15) is 26.7 Å². The van der Waals surface area contributed by atoms with Crippen molar-refractivity contribution in [2.45, 2.75) is 63.8 Å². The summed E-state index contributed by atoms with van der Waals surface area (Å²) in [7, 11) is 0. The molecule has 0 atom stereocenters. The highest BCUT2D eigenvalue weighted by atomic mass is 19.4. The number of benzene rings is 2. The topological polar surface area (TPSA) is 59.9 Å². The zero-order valence-corrected chi connectivity index (χ0v) is 19.7. The Morgan fingerprint density at radius 1 is 0.944 bits per heavy atom. The number of hydrogen-bond donors (Lipinski definition) is 1. The van der Waals surface area contributed by atoms with Crippen molar-refractivity contribution in [2.24, 2.45) is 11.1 Å². The summed E-state index contributed by atoms with van der Waals surface area (Å²) in [5.74, 6) is -1.33. The highest BCUT2D eigenvalue weighted by Gasteiger charge is 2.42. The zero-order chi connectivity index (χ0) is 26.0. The van der Waals surface area contributed by atoms with Crippen LogP contribution < -0.4 is 10.1 Å². The van der Waals surface area contributed by atoms with E-state index in [1.165, 1.54) is 30.5 Å². The molecule has 1 saturated carbocycles. The van der Waals surface area contributed by atoms with Crippen molar-refractivity contribution in [3.05, 3.63) is 65.2 Å². The number of rotatable bonds is 11. The lowest BCUT2D eigenvalue weighted by atomic mass is 9.89. The van der Waals surface area contributed by atoms with Crippen LogP contribution >= 0.6 is 0 Å². The standard InChI is InChI=1S/C26H29F5N2O3/c27-25(28,29)22-12-8-21(9-13-22)18-35-33-16-4-7-19-10-14-23(15-11-19)36-26(30,31)24(34)32-17-20-5-2-1-3-6-20/h8-16,20H,1-7,17-18H2,(H,32,34). The van der Waals surface area contributed by atoms with Gasteiger partial charge in [-0.15, -0.1) is 0 Å². The Bertz CT molecular complexity index is 986. The molecule has 0 spiro atoms. The summed E-state index contributed by atoms with van der Waals surface area (Å²) in [4.78, 5) is 17.0. The largest absolute Gasteiger partial charge is 0.482 e. The normalized spacial score (nSPS) is 15.1. The van der Waals surface area contributed by atoms with Crippen molar-refractivity contribution < 1.29 is 36.3 Å². The molecule has 5 nitrogen and oxygen atoms in total. The molecule has 1 N–H and O–H groups in total. The molecule has 0 aliphatic heterocycles. The van der Waals surface area contributed by atoms with Gasteiger partial charge in [0, 0.05) is 12.8 Å². The fourth-order valence-electron chi connectivity index (χ4n) is 3.89. The molecule has 1 aliphatic rings. The minimum atomic E-state index is -4.38. The Labute approximate surface area is 206 Å². The second-order valence-electron chi connectivity index (χ2n) is 8.77. The summed E-state index contributed by atoms with van der Waals surface area (Å²) < 4.78 is 70.6. The van der Waals surface area contributed by atoms with Gasteiger partial charge in [0.05, 0.1) is 5.56 Å². The van der Waals surface area contributed by atoms with E-state index in [0.717, 1.165) is 49.8 Å². The molecule has 3 rings (SSSR count). The van der Waals surface area contributed by atoms with Crippen molar-refractivity contribution >= 4 is 12.1 Å². The van der Waals surface area contributed by atoms with Crippen LogP contribution in [0.5, 0.6) is 5.75 Å². The number of carbonyl (C=O) groups excluding carboxylic acids is 1. The number of carbonyl (C=O) groups is 1. The Morgan fingerprint density at radius 2 is 1.58 bits per heavy atom. The van der Waals surface area contributed by atoms with E-state index in [2.05, 4.69) is 15.2 Å². The fourth-order valence-corrected chi connectivity index (χ4v) is 3.89. The molecule has 196 valence electrons. The molecule has 0 heterocycles. The van der Waals surface area contributed by atoms with E-state index in [1.54, 1.807) is 12.1 Å². The first-order valence-corrected chi connectivity index (χ1v) is 11.9. The van der Waals surface area contributed by atoms with Crippen LogP contribution in [0.2, 0.25) is 0 Å². The van der Waals surface area contributed by atoms with Gasteiger partial charge in [0.25, 0.3) is 0 Å². The highest BCUT2D eigenvalue weighted by Crippen LogP contribution is 2.29. The van der Waals surface area contributed by atoms with Crippen LogP contribution in [0.25, 0.3) is 0 Å². The van der Waals surface area contributed by atoms with Crippen LogP contribution in [0.1, 0.15) is 55.2 Å². The van der Waals surface area contributed by atoms with E-state index in [-0.39, 0.29) is 24.8 Å². The minimum Gasteiger partial charge on any atom is -0.425 e. The second kappa shape index (κ2) is 12.7. The quantitative estimate of drug-likeness (QED) is 0.212. The zero-order valence-electron chi connectivity index (χ0n) is 19.7. The first-order chi connectivity index (χ1) is 17.1. The van der Waals surface area contributed by atoms with Gasteiger partial charge in [-0.2, -0.15) is 22.0 Å². The van der Waals surface area contributed by atoms with Gasteiger partial charge >= 0.3 is 18.2 Å². The number of nitrogens with one attached hydrogen (secondary N) is 1. The molecule has 2 aromatic carbocycles. The number of oxime groups is 1. The van der Waals surface area contributed by atoms with Crippen molar-refractivity contribution in [1.29, 1.82) is 0 Å². The molecule has 0 saturated heterocycles. The number of ether oxygens (including phenoxy) is 1. The molecule has 1 aliphatic carbocycles. The first-order valence-electron chi connectivity index (χ1n) is 11.9. The summed E-state index contributed by atoms with van der Waals surface area (Å²) in [6.07, 6.45) is -0.667. The van der Waals surface area contributed by atoms with Crippen LogP contribution in [0.4, 0.5) is 22.0 Å². The average molecular weight is 513 g/mol. The molecular formula is C26H29F5N2O3. The Hall–Kier alpha value is -3.17. The molecule has 1 fully saturated rings. The predicted octanol–water partition coefficient (Wildman–Crippen LogP) is 6.51. The SMILES string of the molecule is O=C(NCC1CCCCC1)C(F)(F)Oc1ccc(CCC=NOCc2ccc(C(F)(F)F)cc2)cc1. The summed E-state index contributed by atoms with van der Waals surface area (Å²) >= 11 is 0. The van der Waals surface area contributed by atoms with Gasteiger partial charge in [0.15, 0.2) is 0 Å². The third-order valence-electron chi connectivity index (χ3n) is 5.93. The molecule has 2 aromatic rings. The molecule has 36 heavy (non-hydrogen) atoms. The Kier molecular flexibility index (Phi) is 9.66. The maximum Gasteiger partial charge on any atom is 0.482 e. The maximum atomic E-state index is 14.2.